The van der Waals surface area contributed by atoms with E-state index >= 15 is 0 Å². The van der Waals surface area contributed by atoms with Crippen molar-refractivity contribution in [3.05, 3.63) is 63.9 Å². The number of hydrogen-bond acceptors (Lipinski definition) is 3. The fourth-order valence-corrected chi connectivity index (χ4v) is 2.59. The summed E-state index contributed by atoms with van der Waals surface area (Å²) in [6, 6.07) is 12.4. The van der Waals surface area contributed by atoms with E-state index in [2.05, 4.69) is 21.2 Å². The smallest absolute Gasteiger partial charge is 0.129 e. The highest BCUT2D eigenvalue weighted by atomic mass is 79.9. The summed E-state index contributed by atoms with van der Waals surface area (Å²) < 4.78 is 20.4. The molecule has 0 heterocycles. The van der Waals surface area contributed by atoms with Gasteiger partial charge in [0.05, 0.1) is 0 Å². The van der Waals surface area contributed by atoms with Crippen molar-refractivity contribution in [2.45, 2.75) is 26.0 Å². The molecule has 2 aromatic carbocycles. The van der Waals surface area contributed by atoms with Crippen LogP contribution in [-0.2, 0) is 13.2 Å². The zero-order chi connectivity index (χ0) is 16.5. The second-order valence-corrected chi connectivity index (χ2v) is 6.16. The van der Waals surface area contributed by atoms with Crippen LogP contribution in [0.4, 0.5) is 4.39 Å². The van der Waals surface area contributed by atoms with Gasteiger partial charge in [0, 0.05) is 28.8 Å². The molecule has 2 rings (SSSR count). The first-order chi connectivity index (χ1) is 11.2. The number of halogens is 3. The van der Waals surface area contributed by atoms with Crippen LogP contribution in [-0.4, -0.2) is 18.3 Å². The highest BCUT2D eigenvalue weighted by Crippen LogP contribution is 2.24. The normalized spacial score (nSPS) is 10.3. The molecule has 0 atom stereocenters. The van der Waals surface area contributed by atoms with Crippen LogP contribution in [0.2, 0.25) is 0 Å². The summed E-state index contributed by atoms with van der Waals surface area (Å²) in [7, 11) is 0. The Morgan fingerprint density at radius 3 is 2.62 bits per heavy atom. The van der Waals surface area contributed by atoms with Crippen LogP contribution in [0.15, 0.2) is 46.9 Å². The van der Waals surface area contributed by atoms with Crippen LogP contribution in [0.1, 0.15) is 24.0 Å². The van der Waals surface area contributed by atoms with Gasteiger partial charge >= 0.3 is 0 Å². The average Bonchev–Trinajstić information content (AvgIpc) is 2.55. The number of hydrogen-bond donors (Lipinski definition) is 2. The molecule has 6 heteroatoms. The summed E-state index contributed by atoms with van der Waals surface area (Å²) in [6.07, 6.45) is 1.72. The fourth-order valence-electron chi connectivity index (χ4n) is 2.18. The molecule has 0 aromatic heterocycles. The Kier molecular flexibility index (Phi) is 9.95. The third kappa shape index (κ3) is 6.77. The van der Waals surface area contributed by atoms with Crippen LogP contribution < -0.4 is 10.1 Å². The topological polar surface area (TPSA) is 41.5 Å². The Balaban J connectivity index is 0.00000288. The Bertz CT molecular complexity index is 628. The molecule has 0 bridgehead atoms. The molecule has 0 aliphatic carbocycles. The third-order valence-corrected chi connectivity index (χ3v) is 3.93. The summed E-state index contributed by atoms with van der Waals surface area (Å²) in [4.78, 5) is 0. The van der Waals surface area contributed by atoms with E-state index in [-0.39, 0.29) is 31.4 Å². The van der Waals surface area contributed by atoms with Gasteiger partial charge in [0.15, 0.2) is 0 Å². The quantitative estimate of drug-likeness (QED) is 0.591. The summed E-state index contributed by atoms with van der Waals surface area (Å²) in [6.45, 7) is 1.92. The molecular formula is C18H22BrClFNO2. The SMILES string of the molecule is Cl.OCCCCNCc1cc(Br)ccc1OCc1ccccc1F. The largest absolute Gasteiger partial charge is 0.488 e. The van der Waals surface area contributed by atoms with Gasteiger partial charge in [0.25, 0.3) is 0 Å². The molecule has 24 heavy (non-hydrogen) atoms. The van der Waals surface area contributed by atoms with E-state index in [1.54, 1.807) is 18.2 Å². The minimum absolute atomic E-state index is 0. The Morgan fingerprint density at radius 2 is 1.88 bits per heavy atom. The van der Waals surface area contributed by atoms with Gasteiger partial charge in [-0.25, -0.2) is 4.39 Å². The van der Waals surface area contributed by atoms with Gasteiger partial charge in [-0.3, -0.25) is 0 Å². The first-order valence-electron chi connectivity index (χ1n) is 7.67. The first-order valence-corrected chi connectivity index (χ1v) is 8.46. The summed E-state index contributed by atoms with van der Waals surface area (Å²) in [5.41, 5.74) is 1.55. The Morgan fingerprint density at radius 1 is 1.08 bits per heavy atom. The molecule has 0 saturated carbocycles. The van der Waals surface area contributed by atoms with Gasteiger partial charge in [-0.1, -0.05) is 34.1 Å². The minimum atomic E-state index is -0.256. The maximum Gasteiger partial charge on any atom is 0.129 e. The Labute approximate surface area is 156 Å². The van der Waals surface area contributed by atoms with Crippen molar-refractivity contribution in [2.75, 3.05) is 13.2 Å². The molecule has 2 aromatic rings. The lowest BCUT2D eigenvalue weighted by Crippen LogP contribution is -2.16. The van der Waals surface area contributed by atoms with E-state index < -0.39 is 0 Å². The maximum absolute atomic E-state index is 13.7. The summed E-state index contributed by atoms with van der Waals surface area (Å²) >= 11 is 3.46. The zero-order valence-corrected chi connectivity index (χ0v) is 15.7. The second-order valence-electron chi connectivity index (χ2n) is 5.24. The minimum Gasteiger partial charge on any atom is -0.488 e. The molecule has 2 N–H and O–H groups in total. The van der Waals surface area contributed by atoms with Crippen molar-refractivity contribution < 1.29 is 14.2 Å². The van der Waals surface area contributed by atoms with Crippen LogP contribution in [0.5, 0.6) is 5.75 Å². The number of aliphatic hydroxyl groups is 1. The highest BCUT2D eigenvalue weighted by Gasteiger charge is 2.07. The Hall–Kier alpha value is -1.14. The molecule has 0 fully saturated rings. The standard InChI is InChI=1S/C18H21BrFNO2.ClH/c19-16-7-8-18(15(11-16)12-21-9-3-4-10-22)23-13-14-5-1-2-6-17(14)20;/h1-2,5-8,11,21-22H,3-4,9-10,12-13H2;1H. The van der Waals surface area contributed by atoms with E-state index in [4.69, 9.17) is 9.84 Å². The van der Waals surface area contributed by atoms with E-state index in [9.17, 15) is 4.39 Å². The predicted octanol–water partition coefficient (Wildman–Crippen LogP) is 4.45. The van der Waals surface area contributed by atoms with Gasteiger partial charge in [-0.2, -0.15) is 0 Å². The molecule has 0 unspecified atom stereocenters. The van der Waals surface area contributed by atoms with Crippen LogP contribution in [0.3, 0.4) is 0 Å². The van der Waals surface area contributed by atoms with Crippen molar-refractivity contribution in [2.24, 2.45) is 0 Å². The first kappa shape index (κ1) is 20.9. The van der Waals surface area contributed by atoms with Gasteiger partial charge < -0.3 is 15.2 Å². The van der Waals surface area contributed by atoms with Crippen molar-refractivity contribution >= 4 is 28.3 Å². The molecule has 0 amide bonds. The second kappa shape index (κ2) is 11.4. The molecule has 0 aliphatic heterocycles. The number of unbranched alkanes of at least 4 members (excludes halogenated alkanes) is 1. The van der Waals surface area contributed by atoms with Gasteiger partial charge in [0.1, 0.15) is 18.2 Å². The number of aliphatic hydroxyl groups excluding tert-OH is 1. The van der Waals surface area contributed by atoms with Crippen LogP contribution in [0, 0.1) is 5.82 Å². The number of nitrogens with one attached hydrogen (secondary N) is 1. The molecule has 0 aliphatic rings. The highest BCUT2D eigenvalue weighted by molar-refractivity contribution is 9.10. The molecular weight excluding hydrogens is 397 g/mol. The monoisotopic (exact) mass is 417 g/mol. The predicted molar refractivity (Wildman–Crippen MR) is 100 cm³/mol. The number of benzene rings is 2. The molecule has 132 valence electrons. The average molecular weight is 419 g/mol. The zero-order valence-electron chi connectivity index (χ0n) is 13.3. The van der Waals surface area contributed by atoms with E-state index in [0.717, 1.165) is 35.2 Å². The lowest BCUT2D eigenvalue weighted by Gasteiger charge is -2.13. The molecule has 0 saturated heterocycles. The van der Waals surface area contributed by atoms with Crippen molar-refractivity contribution in [1.82, 2.24) is 5.32 Å². The fraction of sp³-hybridized carbons (Fsp3) is 0.333. The summed E-state index contributed by atoms with van der Waals surface area (Å²) in [5.74, 6) is 0.486. The van der Waals surface area contributed by atoms with Crippen LogP contribution in [0.25, 0.3) is 0 Å². The van der Waals surface area contributed by atoms with E-state index in [0.29, 0.717) is 12.1 Å². The number of ether oxygens (including phenoxy) is 1. The molecule has 0 radical (unpaired) electrons. The van der Waals surface area contributed by atoms with Crippen molar-refractivity contribution in [1.29, 1.82) is 0 Å². The van der Waals surface area contributed by atoms with E-state index in [1.165, 1.54) is 6.07 Å². The van der Waals surface area contributed by atoms with Crippen molar-refractivity contribution in [3.63, 3.8) is 0 Å². The molecule has 3 nitrogen and oxygen atoms in total. The van der Waals surface area contributed by atoms with Gasteiger partial charge in [-0.05, 0) is 43.7 Å². The third-order valence-electron chi connectivity index (χ3n) is 3.44. The van der Waals surface area contributed by atoms with Gasteiger partial charge in [-0.15, -0.1) is 12.4 Å². The lowest BCUT2D eigenvalue weighted by molar-refractivity contribution is 0.283. The summed E-state index contributed by atoms with van der Waals surface area (Å²) in [5, 5.41) is 12.1. The van der Waals surface area contributed by atoms with Crippen LogP contribution >= 0.6 is 28.3 Å². The molecule has 0 spiro atoms. The van der Waals surface area contributed by atoms with Gasteiger partial charge in [0.2, 0.25) is 0 Å². The van der Waals surface area contributed by atoms with E-state index in [1.807, 2.05) is 18.2 Å². The lowest BCUT2D eigenvalue weighted by atomic mass is 10.2. The maximum atomic E-state index is 13.7. The number of rotatable bonds is 9. The van der Waals surface area contributed by atoms with Crippen molar-refractivity contribution in [3.8, 4) is 5.75 Å².